The highest BCUT2D eigenvalue weighted by Gasteiger charge is 2.29. The van der Waals surface area contributed by atoms with Gasteiger partial charge in [0.25, 0.3) is 0 Å². The highest BCUT2D eigenvalue weighted by molar-refractivity contribution is 7.91. The van der Waals surface area contributed by atoms with Gasteiger partial charge in [-0.05, 0) is 25.0 Å². The Morgan fingerprint density at radius 3 is 2.67 bits per heavy atom. The maximum absolute atomic E-state index is 12.0. The smallest absolute Gasteiger partial charge is 0.315 e. The van der Waals surface area contributed by atoms with Crippen molar-refractivity contribution in [1.29, 1.82) is 0 Å². The van der Waals surface area contributed by atoms with Gasteiger partial charge in [-0.25, -0.2) is 13.2 Å². The van der Waals surface area contributed by atoms with Crippen molar-refractivity contribution in [2.45, 2.75) is 32.0 Å². The molecule has 3 N–H and O–H groups in total. The molecule has 0 spiro atoms. The van der Waals surface area contributed by atoms with Crippen molar-refractivity contribution in [3.63, 3.8) is 0 Å². The number of carbonyl (C=O) groups is 2. The molecule has 3 amide bonds. The molecular weight excluding hydrogens is 354 g/mol. The Hall–Kier alpha value is -1.80. The van der Waals surface area contributed by atoms with Crippen LogP contribution in [0, 0.1) is 0 Å². The van der Waals surface area contributed by atoms with Crippen LogP contribution in [0.1, 0.15) is 18.9 Å². The van der Waals surface area contributed by atoms with Crippen molar-refractivity contribution < 1.29 is 18.0 Å². The highest BCUT2D eigenvalue weighted by Crippen LogP contribution is 2.14. The van der Waals surface area contributed by atoms with Gasteiger partial charge >= 0.3 is 6.03 Å². The van der Waals surface area contributed by atoms with Crippen LogP contribution in [0.25, 0.3) is 0 Å². The molecule has 0 radical (unpaired) electrons. The summed E-state index contributed by atoms with van der Waals surface area (Å²) >= 11 is 6.01. The van der Waals surface area contributed by atoms with Crippen LogP contribution in [0.5, 0.6) is 0 Å². The summed E-state index contributed by atoms with van der Waals surface area (Å²) in [4.78, 5) is 23.8. The second-order valence-corrected chi connectivity index (χ2v) is 8.38. The first-order valence-electron chi connectivity index (χ1n) is 7.55. The molecule has 2 atom stereocenters. The van der Waals surface area contributed by atoms with E-state index in [1.54, 1.807) is 25.1 Å². The number of rotatable bonds is 5. The third kappa shape index (κ3) is 5.38. The van der Waals surface area contributed by atoms with E-state index in [0.29, 0.717) is 11.4 Å². The monoisotopic (exact) mass is 373 g/mol. The van der Waals surface area contributed by atoms with E-state index in [-0.39, 0.29) is 24.0 Å². The maximum Gasteiger partial charge on any atom is 0.315 e. The molecule has 1 aromatic rings. The average molecular weight is 374 g/mol. The fourth-order valence-corrected chi connectivity index (χ4v) is 4.25. The van der Waals surface area contributed by atoms with Crippen molar-refractivity contribution >= 4 is 33.4 Å². The van der Waals surface area contributed by atoms with Crippen LogP contribution in [0.4, 0.5) is 4.79 Å². The zero-order valence-electron chi connectivity index (χ0n) is 13.2. The number of nitrogens with one attached hydrogen (secondary N) is 3. The molecule has 132 valence electrons. The van der Waals surface area contributed by atoms with Crippen molar-refractivity contribution in [2.24, 2.45) is 0 Å². The molecule has 1 aliphatic heterocycles. The molecule has 0 aromatic heterocycles. The zero-order chi connectivity index (χ0) is 17.7. The molecule has 2 unspecified atom stereocenters. The van der Waals surface area contributed by atoms with Gasteiger partial charge in [0, 0.05) is 17.6 Å². The molecule has 0 aliphatic carbocycles. The van der Waals surface area contributed by atoms with Crippen molar-refractivity contribution in [3.8, 4) is 0 Å². The molecule has 2 rings (SSSR count). The van der Waals surface area contributed by atoms with Crippen LogP contribution in [0.15, 0.2) is 24.3 Å². The van der Waals surface area contributed by atoms with Gasteiger partial charge in [-0.15, -0.1) is 0 Å². The summed E-state index contributed by atoms with van der Waals surface area (Å²) in [5.74, 6) is -0.344. The predicted octanol–water partition coefficient (Wildman–Crippen LogP) is 0.831. The Kier molecular flexibility index (Phi) is 6.06. The van der Waals surface area contributed by atoms with Crippen LogP contribution < -0.4 is 16.0 Å². The molecule has 1 heterocycles. The third-order valence-electron chi connectivity index (χ3n) is 3.72. The standard InChI is InChI=1S/C15H20ClN3O4S/c1-10(14(20)17-8-11-4-2-3-5-13(11)16)18-15(21)19-12-6-7-24(22,23)9-12/h2-5,10,12H,6-9H2,1H3,(H,17,20)(H2,18,19,21). The molecule has 9 heteroatoms. The van der Waals surface area contributed by atoms with E-state index in [9.17, 15) is 18.0 Å². The van der Waals surface area contributed by atoms with Gasteiger partial charge in [-0.1, -0.05) is 29.8 Å². The minimum atomic E-state index is -3.06. The van der Waals surface area contributed by atoms with Crippen molar-refractivity contribution in [3.05, 3.63) is 34.9 Å². The normalized spacial score (nSPS) is 20.2. The Labute approximate surface area is 146 Å². The Morgan fingerprint density at radius 2 is 2.04 bits per heavy atom. The zero-order valence-corrected chi connectivity index (χ0v) is 14.8. The van der Waals surface area contributed by atoms with Crippen LogP contribution >= 0.6 is 11.6 Å². The van der Waals surface area contributed by atoms with Gasteiger partial charge in [-0.3, -0.25) is 4.79 Å². The lowest BCUT2D eigenvalue weighted by Gasteiger charge is -2.17. The fourth-order valence-electron chi connectivity index (χ4n) is 2.38. The number of benzene rings is 1. The Bertz CT molecular complexity index is 723. The topological polar surface area (TPSA) is 104 Å². The summed E-state index contributed by atoms with van der Waals surface area (Å²) in [6.07, 6.45) is 0.392. The van der Waals surface area contributed by atoms with Gasteiger partial charge < -0.3 is 16.0 Å². The number of hydrogen-bond donors (Lipinski definition) is 3. The number of sulfone groups is 1. The second-order valence-electron chi connectivity index (χ2n) is 5.75. The number of urea groups is 1. The number of carbonyl (C=O) groups excluding carboxylic acids is 2. The van der Waals surface area contributed by atoms with Crippen molar-refractivity contribution in [1.82, 2.24) is 16.0 Å². The molecular formula is C15H20ClN3O4S. The van der Waals surface area contributed by atoms with E-state index < -0.39 is 28.0 Å². The summed E-state index contributed by atoms with van der Waals surface area (Å²) in [7, 11) is -3.06. The van der Waals surface area contributed by atoms with Gasteiger partial charge in [-0.2, -0.15) is 0 Å². The van der Waals surface area contributed by atoms with E-state index in [1.165, 1.54) is 0 Å². The van der Waals surface area contributed by atoms with Crippen LogP contribution in [-0.2, 0) is 21.2 Å². The van der Waals surface area contributed by atoms with Gasteiger partial charge in [0.05, 0.1) is 11.5 Å². The minimum Gasteiger partial charge on any atom is -0.350 e. The third-order valence-corrected chi connectivity index (χ3v) is 5.86. The molecule has 1 saturated heterocycles. The summed E-state index contributed by atoms with van der Waals surface area (Å²) in [5, 5.41) is 8.31. The van der Waals surface area contributed by atoms with Crippen LogP contribution in [0.2, 0.25) is 5.02 Å². The Balaban J connectivity index is 1.77. The molecule has 1 aliphatic rings. The predicted molar refractivity (Wildman–Crippen MR) is 91.5 cm³/mol. The lowest BCUT2D eigenvalue weighted by Crippen LogP contribution is -2.50. The van der Waals surface area contributed by atoms with E-state index in [2.05, 4.69) is 16.0 Å². The van der Waals surface area contributed by atoms with Crippen molar-refractivity contribution in [2.75, 3.05) is 11.5 Å². The summed E-state index contributed by atoms with van der Waals surface area (Å²) < 4.78 is 22.7. The molecule has 24 heavy (non-hydrogen) atoms. The average Bonchev–Trinajstić information content (AvgIpc) is 2.84. The van der Waals surface area contributed by atoms with Crippen LogP contribution in [-0.4, -0.2) is 43.9 Å². The Morgan fingerprint density at radius 1 is 1.33 bits per heavy atom. The minimum absolute atomic E-state index is 0.0620. The SMILES string of the molecule is CC(NC(=O)NC1CCS(=O)(=O)C1)C(=O)NCc1ccccc1Cl. The molecule has 1 fully saturated rings. The summed E-state index contributed by atoms with van der Waals surface area (Å²) in [6.45, 7) is 1.81. The second kappa shape index (κ2) is 7.85. The molecule has 7 nitrogen and oxygen atoms in total. The largest absolute Gasteiger partial charge is 0.350 e. The molecule has 0 saturated carbocycles. The highest BCUT2D eigenvalue weighted by atomic mass is 35.5. The lowest BCUT2D eigenvalue weighted by atomic mass is 10.2. The first-order chi connectivity index (χ1) is 11.3. The van der Waals surface area contributed by atoms with E-state index in [4.69, 9.17) is 11.6 Å². The lowest BCUT2D eigenvalue weighted by molar-refractivity contribution is -0.122. The van der Waals surface area contributed by atoms with E-state index in [0.717, 1.165) is 5.56 Å². The fraction of sp³-hybridized carbons (Fsp3) is 0.467. The number of halogens is 1. The van der Waals surface area contributed by atoms with E-state index in [1.807, 2.05) is 6.07 Å². The number of amides is 3. The summed E-state index contributed by atoms with van der Waals surface area (Å²) in [6, 6.07) is 5.42. The molecule has 1 aromatic carbocycles. The first-order valence-corrected chi connectivity index (χ1v) is 9.75. The van der Waals surface area contributed by atoms with Gasteiger partial charge in [0.2, 0.25) is 5.91 Å². The first kappa shape index (κ1) is 18.5. The van der Waals surface area contributed by atoms with Crippen LogP contribution in [0.3, 0.4) is 0 Å². The van der Waals surface area contributed by atoms with Gasteiger partial charge in [0.15, 0.2) is 9.84 Å². The number of hydrogen-bond acceptors (Lipinski definition) is 4. The van der Waals surface area contributed by atoms with E-state index >= 15 is 0 Å². The maximum atomic E-state index is 12.0. The quantitative estimate of drug-likeness (QED) is 0.711. The van der Waals surface area contributed by atoms with Gasteiger partial charge in [0.1, 0.15) is 6.04 Å². The summed E-state index contributed by atoms with van der Waals surface area (Å²) in [5.41, 5.74) is 0.778. The molecule has 0 bridgehead atoms.